The number of nitrogens with zero attached hydrogens (tertiary/aromatic N) is 1. The van der Waals surface area contributed by atoms with Gasteiger partial charge >= 0.3 is 0 Å². The Bertz CT molecular complexity index is 1270. The molecule has 0 unspecified atom stereocenters. The van der Waals surface area contributed by atoms with Gasteiger partial charge in [0, 0.05) is 36.5 Å². The zero-order valence-electron chi connectivity index (χ0n) is 22.3. The fourth-order valence-electron chi connectivity index (χ4n) is 8.61. The summed E-state index contributed by atoms with van der Waals surface area (Å²) in [5, 5.41) is 4.87. The van der Waals surface area contributed by atoms with Crippen molar-refractivity contribution < 1.29 is 21.6 Å². The summed E-state index contributed by atoms with van der Waals surface area (Å²) in [6, 6.07) is 18.0. The van der Waals surface area contributed by atoms with E-state index in [1.807, 2.05) is 6.26 Å². The first-order chi connectivity index (χ1) is 18.2. The van der Waals surface area contributed by atoms with Gasteiger partial charge in [-0.15, -0.1) is 0 Å². The highest BCUT2D eigenvalue weighted by atomic mass is 35.5. The molecule has 4 aliphatic rings. The highest BCUT2D eigenvalue weighted by Gasteiger charge is 2.52. The van der Waals surface area contributed by atoms with Gasteiger partial charge in [-0.3, -0.25) is 4.79 Å². The average molecular weight is 532 g/mol. The number of aryl methyl sites for hydroxylation is 1. The third kappa shape index (κ3) is 4.29. The van der Waals surface area contributed by atoms with E-state index in [-0.39, 0.29) is 23.7 Å². The number of carbonyl (C=O) groups excluding carboxylic acids is 1. The van der Waals surface area contributed by atoms with Crippen LogP contribution < -0.4 is 17.7 Å². The molecule has 202 valence electrons. The van der Waals surface area contributed by atoms with Gasteiger partial charge in [-0.25, -0.2) is 0 Å². The molecule has 0 radical (unpaired) electrons. The van der Waals surface area contributed by atoms with Crippen LogP contribution >= 0.6 is 0 Å². The van der Waals surface area contributed by atoms with Gasteiger partial charge in [0.1, 0.15) is 5.58 Å². The van der Waals surface area contributed by atoms with Gasteiger partial charge in [0.25, 0.3) is 0 Å². The Morgan fingerprint density at radius 2 is 1.82 bits per heavy atom. The molecule has 5 heteroatoms. The normalized spacial score (nSPS) is 29.8. The maximum Gasteiger partial charge on any atom is 0.228 e. The Hall–Kier alpha value is -2.30. The number of nitrogens with one attached hydrogen (secondary N) is 1. The van der Waals surface area contributed by atoms with Crippen molar-refractivity contribution in [2.75, 3.05) is 19.6 Å². The summed E-state index contributed by atoms with van der Waals surface area (Å²) in [7, 11) is 0. The van der Waals surface area contributed by atoms with Crippen LogP contribution in [0, 0.1) is 11.8 Å². The number of rotatable bonds is 3. The van der Waals surface area contributed by atoms with Crippen LogP contribution in [0.1, 0.15) is 80.4 Å². The van der Waals surface area contributed by atoms with Crippen molar-refractivity contribution in [1.82, 2.24) is 10.2 Å². The van der Waals surface area contributed by atoms with Crippen LogP contribution in [0.3, 0.4) is 0 Å². The third-order valence-electron chi connectivity index (χ3n) is 10.5. The van der Waals surface area contributed by atoms with Gasteiger partial charge in [0.15, 0.2) is 0 Å². The molecule has 2 aliphatic carbocycles. The van der Waals surface area contributed by atoms with Crippen LogP contribution in [-0.2, 0) is 16.6 Å². The van der Waals surface area contributed by atoms with E-state index >= 15 is 0 Å². The van der Waals surface area contributed by atoms with E-state index < -0.39 is 0 Å². The number of hydrogen-bond acceptors (Lipinski definition) is 3. The molecule has 1 spiro atoms. The van der Waals surface area contributed by atoms with Gasteiger partial charge in [0.2, 0.25) is 5.91 Å². The first kappa shape index (κ1) is 26.0. The van der Waals surface area contributed by atoms with Crippen LogP contribution in [0.2, 0.25) is 0 Å². The Labute approximate surface area is 232 Å². The highest BCUT2D eigenvalue weighted by Crippen LogP contribution is 2.49. The molecule has 3 heterocycles. The monoisotopic (exact) mass is 531 g/mol. The van der Waals surface area contributed by atoms with Gasteiger partial charge in [-0.1, -0.05) is 61.7 Å². The van der Waals surface area contributed by atoms with Gasteiger partial charge in [-0.05, 0) is 79.5 Å². The summed E-state index contributed by atoms with van der Waals surface area (Å²) < 4.78 is 5.97. The Morgan fingerprint density at radius 1 is 0.974 bits per heavy atom. The molecule has 3 aromatic rings. The topological polar surface area (TPSA) is 45.5 Å². The molecule has 2 saturated heterocycles. The molecule has 1 amide bonds. The molecule has 1 N–H and O–H groups in total. The lowest BCUT2D eigenvalue weighted by Gasteiger charge is -2.48. The number of amides is 1. The quantitative estimate of drug-likeness (QED) is 0.562. The number of fused-ring (bicyclic) bond motifs is 4. The molecular formula is C33H40ClN2O2-. The number of carbonyl (C=O) groups is 1. The lowest BCUT2D eigenvalue weighted by Crippen LogP contribution is -3.00. The molecule has 38 heavy (non-hydrogen) atoms. The zero-order valence-corrected chi connectivity index (χ0v) is 23.1. The summed E-state index contributed by atoms with van der Waals surface area (Å²) in [5.74, 6) is 1.64. The maximum atomic E-state index is 14.7. The first-order valence-electron chi connectivity index (χ1n) is 14.8. The number of hydrogen-bond donors (Lipinski definition) is 1. The molecule has 0 bridgehead atoms. The summed E-state index contributed by atoms with van der Waals surface area (Å²) >= 11 is 0. The molecule has 4 nitrogen and oxygen atoms in total. The standard InChI is InChI=1S/C33H40N2O2.ClH/c36-32(29-21-34-22-33(29)17-7-12-27-28(33)14-13-25-16-19-37-31(25)27)35-18-15-26(23-8-3-1-4-9-23)20-30(35)24-10-5-2-6-11-24;/h1,3-4,8-9,13-14,16,19,24,26,29-30,34H,2,5-7,10-12,15,17-18,20-22H2;1H/p-1/t26-,29+,30+,33+;/m1./s1. The second kappa shape index (κ2) is 10.7. The summed E-state index contributed by atoms with van der Waals surface area (Å²) in [4.78, 5) is 17.0. The van der Waals surface area contributed by atoms with Crippen molar-refractivity contribution in [3.63, 3.8) is 0 Å². The molecular weight excluding hydrogens is 492 g/mol. The van der Waals surface area contributed by atoms with Gasteiger partial charge in [0.05, 0.1) is 12.2 Å². The minimum atomic E-state index is -0.112. The summed E-state index contributed by atoms with van der Waals surface area (Å²) in [6.07, 6.45) is 13.8. The van der Waals surface area contributed by atoms with Gasteiger partial charge < -0.3 is 27.0 Å². The van der Waals surface area contributed by atoms with E-state index in [2.05, 4.69) is 58.7 Å². The van der Waals surface area contributed by atoms with Crippen LogP contribution in [0.4, 0.5) is 0 Å². The zero-order chi connectivity index (χ0) is 24.8. The van der Waals surface area contributed by atoms with Crippen molar-refractivity contribution >= 4 is 16.9 Å². The van der Waals surface area contributed by atoms with E-state index in [9.17, 15) is 4.79 Å². The lowest BCUT2D eigenvalue weighted by molar-refractivity contribution is -0.143. The van der Waals surface area contributed by atoms with Crippen molar-refractivity contribution in [3.05, 3.63) is 71.5 Å². The number of halogens is 1. The molecule has 2 aromatic carbocycles. The lowest BCUT2D eigenvalue weighted by atomic mass is 9.63. The summed E-state index contributed by atoms with van der Waals surface area (Å²) in [6.45, 7) is 2.60. The average Bonchev–Trinajstić information content (AvgIpc) is 3.62. The first-order valence-corrected chi connectivity index (χ1v) is 14.8. The number of piperidine rings is 1. The van der Waals surface area contributed by atoms with Crippen LogP contribution in [0.5, 0.6) is 0 Å². The largest absolute Gasteiger partial charge is 1.00 e. The minimum Gasteiger partial charge on any atom is -1.00 e. The Kier molecular flexibility index (Phi) is 7.30. The van der Waals surface area contributed by atoms with Crippen LogP contribution in [-0.4, -0.2) is 36.5 Å². The fourth-order valence-corrected chi connectivity index (χ4v) is 8.61. The van der Waals surface area contributed by atoms with Gasteiger partial charge in [-0.2, -0.15) is 0 Å². The van der Waals surface area contributed by atoms with Crippen molar-refractivity contribution in [3.8, 4) is 0 Å². The molecule has 2 aliphatic heterocycles. The predicted molar refractivity (Wildman–Crippen MR) is 148 cm³/mol. The fraction of sp³-hybridized carbons (Fsp3) is 0.545. The van der Waals surface area contributed by atoms with E-state index in [1.54, 1.807) is 0 Å². The highest BCUT2D eigenvalue weighted by molar-refractivity contribution is 5.85. The summed E-state index contributed by atoms with van der Waals surface area (Å²) in [5.41, 5.74) is 5.11. The van der Waals surface area contributed by atoms with Crippen molar-refractivity contribution in [1.29, 1.82) is 0 Å². The van der Waals surface area contributed by atoms with E-state index in [4.69, 9.17) is 4.42 Å². The molecule has 3 fully saturated rings. The Balaban J connectivity index is 0.00000264. The Morgan fingerprint density at radius 3 is 2.66 bits per heavy atom. The van der Waals surface area contributed by atoms with Crippen LogP contribution in [0.15, 0.2) is 59.2 Å². The number of likely N-dealkylation sites (tertiary alicyclic amines) is 1. The molecule has 1 aromatic heterocycles. The minimum absolute atomic E-state index is 0. The second-order valence-corrected chi connectivity index (χ2v) is 12.3. The van der Waals surface area contributed by atoms with E-state index in [0.717, 1.165) is 57.3 Å². The van der Waals surface area contributed by atoms with E-state index in [1.165, 1.54) is 54.2 Å². The molecule has 7 rings (SSSR count). The predicted octanol–water partition coefficient (Wildman–Crippen LogP) is 3.59. The molecule has 4 atom stereocenters. The number of benzene rings is 2. The maximum absolute atomic E-state index is 14.7. The van der Waals surface area contributed by atoms with Crippen molar-refractivity contribution in [2.45, 2.75) is 81.6 Å². The number of furan rings is 1. The van der Waals surface area contributed by atoms with Crippen LogP contribution in [0.25, 0.3) is 11.0 Å². The second-order valence-electron chi connectivity index (χ2n) is 12.3. The van der Waals surface area contributed by atoms with Crippen molar-refractivity contribution in [2.24, 2.45) is 11.8 Å². The molecule has 1 saturated carbocycles. The smallest absolute Gasteiger partial charge is 0.228 e. The van der Waals surface area contributed by atoms with E-state index in [0.29, 0.717) is 23.8 Å². The third-order valence-corrected chi connectivity index (χ3v) is 10.5. The SMILES string of the molecule is O=C([C@@H]1CNC[C@]12CCCc1c2ccc2ccoc12)N1CC[C@@H](c2ccccc2)C[C@H]1C1CCCCC1.[Cl-].